The van der Waals surface area contributed by atoms with E-state index in [0.29, 0.717) is 33.5 Å². The van der Waals surface area contributed by atoms with Crippen molar-refractivity contribution in [2.45, 2.75) is 13.5 Å². The maximum atomic E-state index is 13.1. The second-order valence-corrected chi connectivity index (χ2v) is 6.26. The maximum Gasteiger partial charge on any atom is 0.339 e. The van der Waals surface area contributed by atoms with Crippen molar-refractivity contribution in [3.63, 3.8) is 0 Å². The molecule has 0 spiro atoms. The Morgan fingerprint density at radius 3 is 2.71 bits per heavy atom. The molecule has 0 saturated heterocycles. The van der Waals surface area contributed by atoms with Gasteiger partial charge in [0.05, 0.1) is 5.56 Å². The lowest BCUT2D eigenvalue weighted by atomic mass is 10.1. The summed E-state index contributed by atoms with van der Waals surface area (Å²) in [4.78, 5) is 27.0. The van der Waals surface area contributed by atoms with Gasteiger partial charge in [-0.15, -0.1) is 0 Å². The highest BCUT2D eigenvalue weighted by atomic mass is 19.1. The molecule has 6 nitrogen and oxygen atoms in total. The number of aromatic nitrogens is 2. The SMILES string of the molecule is Cc1c(COC(=O)c2cc(=O)[nH]c3ccccc23)noc1-c1ccc(F)cc1. The van der Waals surface area contributed by atoms with E-state index >= 15 is 0 Å². The molecule has 0 unspecified atom stereocenters. The van der Waals surface area contributed by atoms with E-state index in [1.165, 1.54) is 18.2 Å². The zero-order valence-corrected chi connectivity index (χ0v) is 14.9. The molecule has 4 aromatic rings. The van der Waals surface area contributed by atoms with Gasteiger partial charge in [-0.3, -0.25) is 4.79 Å². The van der Waals surface area contributed by atoms with Crippen LogP contribution in [-0.2, 0) is 11.3 Å². The first-order valence-electron chi connectivity index (χ1n) is 8.53. The quantitative estimate of drug-likeness (QED) is 0.543. The van der Waals surface area contributed by atoms with E-state index in [-0.39, 0.29) is 23.5 Å². The highest BCUT2D eigenvalue weighted by molar-refractivity contribution is 6.03. The average Bonchev–Trinajstić information content (AvgIpc) is 3.06. The lowest BCUT2D eigenvalue weighted by Gasteiger charge is -2.06. The predicted molar refractivity (Wildman–Crippen MR) is 100 cm³/mol. The van der Waals surface area contributed by atoms with E-state index in [1.54, 1.807) is 43.3 Å². The van der Waals surface area contributed by atoms with Crippen LogP contribution in [0.4, 0.5) is 4.39 Å². The van der Waals surface area contributed by atoms with Gasteiger partial charge in [0.1, 0.15) is 18.1 Å². The first-order chi connectivity index (χ1) is 13.5. The van der Waals surface area contributed by atoms with Crippen LogP contribution < -0.4 is 5.56 Å². The number of pyridine rings is 1. The Morgan fingerprint density at radius 2 is 1.93 bits per heavy atom. The summed E-state index contributed by atoms with van der Waals surface area (Å²) in [6.07, 6.45) is 0. The molecule has 0 atom stereocenters. The van der Waals surface area contributed by atoms with Crippen LogP contribution in [0.3, 0.4) is 0 Å². The Hall–Kier alpha value is -3.74. The number of halogens is 1. The van der Waals surface area contributed by atoms with Gasteiger partial charge in [-0.25, -0.2) is 9.18 Å². The fraction of sp³-hybridized carbons (Fsp3) is 0.0952. The minimum Gasteiger partial charge on any atom is -0.455 e. The molecule has 2 aromatic heterocycles. The van der Waals surface area contributed by atoms with Gasteiger partial charge >= 0.3 is 5.97 Å². The second-order valence-electron chi connectivity index (χ2n) is 6.26. The third kappa shape index (κ3) is 3.29. The van der Waals surface area contributed by atoms with Gasteiger partial charge in [0.15, 0.2) is 5.76 Å². The van der Waals surface area contributed by atoms with E-state index < -0.39 is 5.97 Å². The van der Waals surface area contributed by atoms with E-state index in [9.17, 15) is 14.0 Å². The number of para-hydroxylation sites is 1. The summed E-state index contributed by atoms with van der Waals surface area (Å²) in [5.41, 5.74) is 2.15. The molecule has 28 heavy (non-hydrogen) atoms. The first-order valence-corrected chi connectivity index (χ1v) is 8.53. The summed E-state index contributed by atoms with van der Waals surface area (Å²) in [5.74, 6) is -0.499. The number of esters is 1. The minimum absolute atomic E-state index is 0.115. The van der Waals surface area contributed by atoms with Crippen molar-refractivity contribution in [3.05, 3.63) is 87.6 Å². The van der Waals surface area contributed by atoms with E-state index in [1.807, 2.05) is 0 Å². The third-order valence-corrected chi connectivity index (χ3v) is 4.44. The normalized spacial score (nSPS) is 10.9. The van der Waals surface area contributed by atoms with Crippen LogP contribution in [-0.4, -0.2) is 16.1 Å². The number of hydrogen-bond donors (Lipinski definition) is 1. The fourth-order valence-corrected chi connectivity index (χ4v) is 2.96. The summed E-state index contributed by atoms with van der Waals surface area (Å²) >= 11 is 0. The smallest absolute Gasteiger partial charge is 0.339 e. The number of hydrogen-bond acceptors (Lipinski definition) is 5. The standard InChI is InChI=1S/C21H15FN2O4/c1-12-18(24-28-20(12)13-6-8-14(22)9-7-13)11-27-21(26)16-10-19(25)23-17-5-3-2-4-15(16)17/h2-10H,11H2,1H3,(H,23,25). The highest BCUT2D eigenvalue weighted by Crippen LogP contribution is 2.26. The molecule has 1 N–H and O–H groups in total. The van der Waals surface area contributed by atoms with Crippen molar-refractivity contribution in [2.24, 2.45) is 0 Å². The van der Waals surface area contributed by atoms with Crippen LogP contribution in [0.5, 0.6) is 0 Å². The lowest BCUT2D eigenvalue weighted by Crippen LogP contribution is -2.13. The number of nitrogens with zero attached hydrogens (tertiary/aromatic N) is 1. The molecular weight excluding hydrogens is 363 g/mol. The van der Waals surface area contributed by atoms with Crippen molar-refractivity contribution in [3.8, 4) is 11.3 Å². The molecule has 0 aliphatic heterocycles. The number of aromatic amines is 1. The monoisotopic (exact) mass is 378 g/mol. The molecule has 0 bridgehead atoms. The van der Waals surface area contributed by atoms with Gasteiger partial charge in [0, 0.05) is 28.1 Å². The van der Waals surface area contributed by atoms with Gasteiger partial charge in [-0.05, 0) is 37.3 Å². The summed E-state index contributed by atoms with van der Waals surface area (Å²) in [5, 5.41) is 4.54. The molecule has 2 heterocycles. The summed E-state index contributed by atoms with van der Waals surface area (Å²) in [6, 6.07) is 14.0. The van der Waals surface area contributed by atoms with Crippen LogP contribution in [0.2, 0.25) is 0 Å². The Kier molecular flexibility index (Phi) is 4.49. The summed E-state index contributed by atoms with van der Waals surface area (Å²) < 4.78 is 23.8. The summed E-state index contributed by atoms with van der Waals surface area (Å²) in [6.45, 7) is 1.66. The third-order valence-electron chi connectivity index (χ3n) is 4.44. The first kappa shape index (κ1) is 17.7. The number of ether oxygens (including phenoxy) is 1. The molecule has 7 heteroatoms. The minimum atomic E-state index is -0.631. The average molecular weight is 378 g/mol. The largest absolute Gasteiger partial charge is 0.455 e. The number of benzene rings is 2. The zero-order chi connectivity index (χ0) is 19.7. The maximum absolute atomic E-state index is 13.1. The van der Waals surface area contributed by atoms with Crippen molar-refractivity contribution >= 4 is 16.9 Å². The van der Waals surface area contributed by atoms with Crippen molar-refractivity contribution in [2.75, 3.05) is 0 Å². The Morgan fingerprint density at radius 1 is 1.18 bits per heavy atom. The van der Waals surface area contributed by atoms with Crippen LogP contribution in [0.15, 0.2) is 63.9 Å². The summed E-state index contributed by atoms with van der Waals surface area (Å²) in [7, 11) is 0. The van der Waals surface area contributed by atoms with Crippen LogP contribution in [0.1, 0.15) is 21.6 Å². The van der Waals surface area contributed by atoms with Crippen LogP contribution in [0, 0.1) is 12.7 Å². The molecule has 140 valence electrons. The molecule has 0 aliphatic rings. The van der Waals surface area contributed by atoms with E-state index in [4.69, 9.17) is 9.26 Å². The number of carbonyl (C=O) groups excluding carboxylic acids is 1. The molecule has 0 saturated carbocycles. The van der Waals surface area contributed by atoms with Crippen molar-refractivity contribution in [1.29, 1.82) is 0 Å². The number of rotatable bonds is 4. The van der Waals surface area contributed by atoms with Crippen LogP contribution in [0.25, 0.3) is 22.2 Å². The molecule has 0 aliphatic carbocycles. The van der Waals surface area contributed by atoms with E-state index in [0.717, 1.165) is 0 Å². The molecule has 0 fully saturated rings. The number of H-pyrrole nitrogens is 1. The fourth-order valence-electron chi connectivity index (χ4n) is 2.96. The van der Waals surface area contributed by atoms with E-state index in [2.05, 4.69) is 10.1 Å². The number of fused-ring (bicyclic) bond motifs is 1. The van der Waals surface area contributed by atoms with Crippen molar-refractivity contribution in [1.82, 2.24) is 10.1 Å². The lowest BCUT2D eigenvalue weighted by molar-refractivity contribution is 0.0466. The Bertz CT molecular complexity index is 1230. The van der Waals surface area contributed by atoms with Gasteiger partial charge in [-0.1, -0.05) is 23.4 Å². The highest BCUT2D eigenvalue weighted by Gasteiger charge is 2.18. The van der Waals surface area contributed by atoms with Crippen molar-refractivity contribution < 1.29 is 18.4 Å². The Balaban J connectivity index is 1.57. The van der Waals surface area contributed by atoms with Crippen LogP contribution >= 0.6 is 0 Å². The molecular formula is C21H15FN2O4. The Labute approximate surface area is 158 Å². The van der Waals surface area contributed by atoms with Gasteiger partial charge in [0.2, 0.25) is 5.56 Å². The number of carbonyl (C=O) groups is 1. The molecule has 0 radical (unpaired) electrons. The predicted octanol–water partition coefficient (Wildman–Crippen LogP) is 3.99. The van der Waals surface area contributed by atoms with Gasteiger partial charge in [0.25, 0.3) is 0 Å². The second kappa shape index (κ2) is 7.11. The van der Waals surface area contributed by atoms with Gasteiger partial charge < -0.3 is 14.2 Å². The zero-order valence-electron chi connectivity index (χ0n) is 14.9. The topological polar surface area (TPSA) is 85.2 Å². The number of nitrogens with one attached hydrogen (secondary N) is 1. The van der Waals surface area contributed by atoms with Gasteiger partial charge in [-0.2, -0.15) is 0 Å². The molecule has 0 amide bonds. The molecule has 4 rings (SSSR count). The molecule has 2 aromatic carbocycles.